The third-order valence-corrected chi connectivity index (χ3v) is 4.24. The Labute approximate surface area is 111 Å². The van der Waals surface area contributed by atoms with Crippen LogP contribution in [0.25, 0.3) is 0 Å². The van der Waals surface area contributed by atoms with Gasteiger partial charge in [-0.2, -0.15) is 0 Å². The van der Waals surface area contributed by atoms with E-state index in [-0.39, 0.29) is 16.7 Å². The van der Waals surface area contributed by atoms with Crippen molar-refractivity contribution >= 4 is 5.97 Å². The Balaban J connectivity index is 2.70. The normalized spacial score (nSPS) is 18.3. The lowest BCUT2D eigenvalue weighted by molar-refractivity contribution is -0.145. The fraction of sp³-hybridized carbons (Fsp3) is 0.533. The van der Waals surface area contributed by atoms with Gasteiger partial charge in [-0.05, 0) is 43.9 Å². The summed E-state index contributed by atoms with van der Waals surface area (Å²) < 4.78 is 28.3. The first-order valence-corrected chi connectivity index (χ1v) is 6.59. The quantitative estimate of drug-likeness (QED) is 0.884. The summed E-state index contributed by atoms with van der Waals surface area (Å²) in [5.41, 5.74) is -0.909. The van der Waals surface area contributed by atoms with Gasteiger partial charge in [0.1, 0.15) is 11.6 Å². The molecule has 19 heavy (non-hydrogen) atoms. The van der Waals surface area contributed by atoms with Crippen LogP contribution in [0.15, 0.2) is 6.07 Å². The summed E-state index contributed by atoms with van der Waals surface area (Å²) in [7, 11) is 0. The summed E-state index contributed by atoms with van der Waals surface area (Å²) in [5.74, 6) is -2.14. The average Bonchev–Trinajstić information content (AvgIpc) is 2.37. The molecule has 1 aromatic rings. The molecule has 0 unspecified atom stereocenters. The fourth-order valence-corrected chi connectivity index (χ4v) is 3.14. The highest BCUT2D eigenvalue weighted by molar-refractivity contribution is 5.82. The largest absolute Gasteiger partial charge is 0.481 e. The summed E-state index contributed by atoms with van der Waals surface area (Å²) in [5, 5.41) is 9.58. The highest BCUT2D eigenvalue weighted by Gasteiger charge is 2.45. The topological polar surface area (TPSA) is 37.3 Å². The van der Waals surface area contributed by atoms with Crippen molar-refractivity contribution < 1.29 is 18.7 Å². The van der Waals surface area contributed by atoms with Crippen molar-refractivity contribution in [2.24, 2.45) is 0 Å². The molecule has 1 aromatic carbocycles. The van der Waals surface area contributed by atoms with Gasteiger partial charge in [-0.25, -0.2) is 8.78 Å². The molecular formula is C15H18F2O2. The highest BCUT2D eigenvalue weighted by atomic mass is 19.1. The van der Waals surface area contributed by atoms with Gasteiger partial charge >= 0.3 is 5.97 Å². The number of carboxylic acids is 1. The van der Waals surface area contributed by atoms with Gasteiger partial charge in [0.15, 0.2) is 0 Å². The minimum atomic E-state index is -1.26. The molecule has 1 fully saturated rings. The van der Waals surface area contributed by atoms with Crippen LogP contribution in [0.5, 0.6) is 0 Å². The first-order valence-electron chi connectivity index (χ1n) is 6.59. The van der Waals surface area contributed by atoms with E-state index in [4.69, 9.17) is 0 Å². The molecule has 1 N–H and O–H groups in total. The monoisotopic (exact) mass is 268 g/mol. The van der Waals surface area contributed by atoms with Crippen LogP contribution in [0.2, 0.25) is 0 Å². The van der Waals surface area contributed by atoms with E-state index in [0.717, 1.165) is 25.3 Å². The first-order chi connectivity index (χ1) is 8.90. The zero-order valence-electron chi connectivity index (χ0n) is 11.2. The number of halogens is 2. The number of carboxylic acid groups (broad SMARTS) is 1. The van der Waals surface area contributed by atoms with Crippen molar-refractivity contribution in [3.8, 4) is 0 Å². The molecule has 1 aliphatic carbocycles. The van der Waals surface area contributed by atoms with Gasteiger partial charge in [-0.15, -0.1) is 0 Å². The van der Waals surface area contributed by atoms with Crippen LogP contribution in [-0.4, -0.2) is 11.1 Å². The molecule has 0 bridgehead atoms. The van der Waals surface area contributed by atoms with Crippen molar-refractivity contribution in [1.29, 1.82) is 0 Å². The van der Waals surface area contributed by atoms with Gasteiger partial charge in [0.2, 0.25) is 0 Å². The molecule has 0 saturated heterocycles. The first kappa shape index (κ1) is 14.0. The molecule has 104 valence electrons. The van der Waals surface area contributed by atoms with Crippen LogP contribution < -0.4 is 0 Å². The Kier molecular flexibility index (Phi) is 3.61. The molecule has 0 heterocycles. The van der Waals surface area contributed by atoms with Gasteiger partial charge in [-0.3, -0.25) is 4.79 Å². The highest BCUT2D eigenvalue weighted by Crippen LogP contribution is 2.43. The van der Waals surface area contributed by atoms with E-state index in [1.807, 2.05) is 0 Å². The maximum Gasteiger partial charge on any atom is 0.314 e. The Morgan fingerprint density at radius 1 is 1.21 bits per heavy atom. The standard InChI is InChI=1S/C15H18F2O2/c1-9-8-11(16)10(2)12(13(9)17)15(14(18)19)6-4-3-5-7-15/h8H,3-7H2,1-2H3,(H,18,19). The molecule has 2 rings (SSSR count). The van der Waals surface area contributed by atoms with E-state index in [9.17, 15) is 18.7 Å². The minimum Gasteiger partial charge on any atom is -0.481 e. The predicted octanol–water partition coefficient (Wildman–Crippen LogP) is 3.87. The van der Waals surface area contributed by atoms with Gasteiger partial charge < -0.3 is 5.11 Å². The van der Waals surface area contributed by atoms with E-state index in [1.165, 1.54) is 13.8 Å². The van der Waals surface area contributed by atoms with Crippen LogP contribution >= 0.6 is 0 Å². The molecule has 0 atom stereocenters. The number of hydrogen-bond donors (Lipinski definition) is 1. The average molecular weight is 268 g/mol. The van der Waals surface area contributed by atoms with Crippen LogP contribution in [0.1, 0.15) is 48.8 Å². The van der Waals surface area contributed by atoms with Crippen molar-refractivity contribution in [3.63, 3.8) is 0 Å². The van der Waals surface area contributed by atoms with Crippen molar-refractivity contribution in [2.75, 3.05) is 0 Å². The predicted molar refractivity (Wildman–Crippen MR) is 68.2 cm³/mol. The summed E-state index contributed by atoms with van der Waals surface area (Å²) >= 11 is 0. The van der Waals surface area contributed by atoms with Gasteiger partial charge in [-0.1, -0.05) is 19.3 Å². The van der Waals surface area contributed by atoms with Gasteiger partial charge in [0.05, 0.1) is 5.41 Å². The number of rotatable bonds is 2. The molecule has 0 radical (unpaired) electrons. The van der Waals surface area contributed by atoms with E-state index in [2.05, 4.69) is 0 Å². The number of hydrogen-bond acceptors (Lipinski definition) is 1. The number of aliphatic carboxylic acids is 1. The molecule has 0 aliphatic heterocycles. The Morgan fingerprint density at radius 3 is 2.32 bits per heavy atom. The van der Waals surface area contributed by atoms with Gasteiger partial charge in [0.25, 0.3) is 0 Å². The maximum absolute atomic E-state index is 14.4. The third-order valence-electron chi connectivity index (χ3n) is 4.24. The lowest BCUT2D eigenvalue weighted by Gasteiger charge is -2.35. The second-order valence-corrected chi connectivity index (χ2v) is 5.44. The maximum atomic E-state index is 14.4. The molecule has 1 saturated carbocycles. The second kappa shape index (κ2) is 4.91. The third kappa shape index (κ3) is 2.13. The Bertz CT molecular complexity index is 491. The zero-order valence-corrected chi connectivity index (χ0v) is 11.2. The summed E-state index contributed by atoms with van der Waals surface area (Å²) in [4.78, 5) is 11.7. The van der Waals surface area contributed by atoms with Crippen molar-refractivity contribution in [1.82, 2.24) is 0 Å². The van der Waals surface area contributed by atoms with Crippen LogP contribution in [0.3, 0.4) is 0 Å². The SMILES string of the molecule is Cc1cc(F)c(C)c(C2(C(=O)O)CCCCC2)c1F. The Hall–Kier alpha value is -1.45. The number of carbonyl (C=O) groups is 1. The molecule has 0 aromatic heterocycles. The lowest BCUT2D eigenvalue weighted by atomic mass is 9.67. The smallest absolute Gasteiger partial charge is 0.314 e. The van der Waals surface area contributed by atoms with E-state index >= 15 is 0 Å². The molecular weight excluding hydrogens is 250 g/mol. The fourth-order valence-electron chi connectivity index (χ4n) is 3.14. The Morgan fingerprint density at radius 2 is 1.79 bits per heavy atom. The van der Waals surface area contributed by atoms with Gasteiger partial charge in [0, 0.05) is 5.56 Å². The molecule has 1 aliphatic rings. The van der Waals surface area contributed by atoms with Crippen LogP contribution in [-0.2, 0) is 10.2 Å². The lowest BCUT2D eigenvalue weighted by Crippen LogP contribution is -2.39. The number of benzene rings is 1. The van der Waals surface area contributed by atoms with E-state index in [1.54, 1.807) is 0 Å². The zero-order chi connectivity index (χ0) is 14.2. The number of aryl methyl sites for hydroxylation is 1. The molecule has 0 amide bonds. The molecule has 0 spiro atoms. The second-order valence-electron chi connectivity index (χ2n) is 5.44. The van der Waals surface area contributed by atoms with E-state index in [0.29, 0.717) is 12.8 Å². The van der Waals surface area contributed by atoms with Crippen LogP contribution in [0, 0.1) is 25.5 Å². The van der Waals surface area contributed by atoms with Crippen LogP contribution in [0.4, 0.5) is 8.78 Å². The molecule has 4 heteroatoms. The van der Waals surface area contributed by atoms with E-state index < -0.39 is 23.0 Å². The summed E-state index contributed by atoms with van der Waals surface area (Å²) in [6, 6.07) is 1.13. The minimum absolute atomic E-state index is 0.0530. The van der Waals surface area contributed by atoms with Crippen molar-refractivity contribution in [2.45, 2.75) is 51.4 Å². The summed E-state index contributed by atoms with van der Waals surface area (Å²) in [6.07, 6.45) is 3.18. The summed E-state index contributed by atoms with van der Waals surface area (Å²) in [6.45, 7) is 2.94. The molecule has 2 nitrogen and oxygen atoms in total. The van der Waals surface area contributed by atoms with Crippen molar-refractivity contribution in [3.05, 3.63) is 34.4 Å².